The fraction of sp³-hybridized carbons (Fsp3) is 0.158. The number of carboxylic acid groups (broad SMARTS) is 1. The van der Waals surface area contributed by atoms with Crippen LogP contribution in [-0.4, -0.2) is 23.2 Å². The van der Waals surface area contributed by atoms with E-state index in [9.17, 15) is 9.90 Å². The Hall–Kier alpha value is -2.88. The highest BCUT2D eigenvalue weighted by Crippen LogP contribution is 2.28. The van der Waals surface area contributed by atoms with E-state index >= 15 is 0 Å². The van der Waals surface area contributed by atoms with E-state index in [1.54, 1.807) is 31.4 Å². The number of aryl methyl sites for hydroxylation is 2. The first kappa shape index (κ1) is 15.0. The van der Waals surface area contributed by atoms with E-state index < -0.39 is 5.97 Å². The highest BCUT2D eigenvalue weighted by molar-refractivity contribution is 6.04. The third-order valence-corrected chi connectivity index (χ3v) is 4.05. The van der Waals surface area contributed by atoms with Gasteiger partial charge in [0.05, 0.1) is 23.9 Å². The standard InChI is InChI=1S/C19H17NO3/c1-11-4-5-13(8-12(11)2)18-10-16(19(21)22)15-9-14(23-3)6-7-17(15)20-18/h4-10H,1-3H3,(H,21,22). The first-order valence-corrected chi connectivity index (χ1v) is 7.29. The average Bonchev–Trinajstić information content (AvgIpc) is 2.55. The van der Waals surface area contributed by atoms with Crippen LogP contribution in [0.25, 0.3) is 22.2 Å². The lowest BCUT2D eigenvalue weighted by Gasteiger charge is -2.10. The molecule has 0 atom stereocenters. The Labute approximate surface area is 134 Å². The van der Waals surface area contributed by atoms with Gasteiger partial charge < -0.3 is 9.84 Å². The van der Waals surface area contributed by atoms with E-state index in [-0.39, 0.29) is 5.56 Å². The lowest BCUT2D eigenvalue weighted by molar-refractivity contribution is 0.0699. The van der Waals surface area contributed by atoms with Gasteiger partial charge in [0.2, 0.25) is 0 Å². The van der Waals surface area contributed by atoms with Crippen molar-refractivity contribution in [3.05, 3.63) is 59.2 Å². The molecule has 1 aromatic heterocycles. The molecule has 1 heterocycles. The Balaban J connectivity index is 2.26. The number of nitrogens with zero attached hydrogens (tertiary/aromatic N) is 1. The van der Waals surface area contributed by atoms with Crippen molar-refractivity contribution in [1.82, 2.24) is 4.98 Å². The number of methoxy groups -OCH3 is 1. The van der Waals surface area contributed by atoms with Crippen molar-refractivity contribution in [3.8, 4) is 17.0 Å². The zero-order valence-electron chi connectivity index (χ0n) is 13.3. The summed E-state index contributed by atoms with van der Waals surface area (Å²) in [5.41, 5.74) is 4.77. The van der Waals surface area contributed by atoms with Crippen molar-refractivity contribution in [2.75, 3.05) is 7.11 Å². The molecule has 116 valence electrons. The van der Waals surface area contributed by atoms with Gasteiger partial charge in [0, 0.05) is 10.9 Å². The molecule has 0 amide bonds. The molecule has 0 radical (unpaired) electrons. The average molecular weight is 307 g/mol. The van der Waals surface area contributed by atoms with Crippen LogP contribution >= 0.6 is 0 Å². The maximum absolute atomic E-state index is 11.7. The van der Waals surface area contributed by atoms with Gasteiger partial charge in [-0.15, -0.1) is 0 Å². The molecule has 0 spiro atoms. The monoisotopic (exact) mass is 307 g/mol. The van der Waals surface area contributed by atoms with Crippen LogP contribution in [0.3, 0.4) is 0 Å². The maximum atomic E-state index is 11.7. The Bertz CT molecular complexity index is 916. The van der Waals surface area contributed by atoms with Gasteiger partial charge in [0.1, 0.15) is 5.75 Å². The zero-order chi connectivity index (χ0) is 16.6. The fourth-order valence-corrected chi connectivity index (χ4v) is 2.56. The molecule has 0 aliphatic carbocycles. The van der Waals surface area contributed by atoms with E-state index in [1.165, 1.54) is 5.56 Å². The summed E-state index contributed by atoms with van der Waals surface area (Å²) < 4.78 is 5.18. The molecule has 0 fully saturated rings. The van der Waals surface area contributed by atoms with Crippen LogP contribution in [0.1, 0.15) is 21.5 Å². The van der Waals surface area contributed by atoms with E-state index in [1.807, 2.05) is 32.0 Å². The molecular formula is C19H17NO3. The number of hydrogen-bond acceptors (Lipinski definition) is 3. The zero-order valence-corrected chi connectivity index (χ0v) is 13.3. The first-order chi connectivity index (χ1) is 11.0. The molecule has 4 nitrogen and oxygen atoms in total. The summed E-state index contributed by atoms with van der Waals surface area (Å²) in [7, 11) is 1.55. The molecule has 0 saturated carbocycles. The number of hydrogen-bond donors (Lipinski definition) is 1. The van der Waals surface area contributed by atoms with Gasteiger partial charge in [0.15, 0.2) is 0 Å². The van der Waals surface area contributed by atoms with Gasteiger partial charge in [-0.05, 0) is 55.3 Å². The normalized spacial score (nSPS) is 10.7. The fourth-order valence-electron chi connectivity index (χ4n) is 2.56. The molecule has 23 heavy (non-hydrogen) atoms. The Kier molecular flexibility index (Phi) is 3.74. The van der Waals surface area contributed by atoms with Gasteiger partial charge in [-0.25, -0.2) is 9.78 Å². The third kappa shape index (κ3) is 2.75. The Morgan fingerprint density at radius 1 is 1.04 bits per heavy atom. The van der Waals surface area contributed by atoms with E-state index in [0.29, 0.717) is 22.3 Å². The molecule has 3 aromatic rings. The summed E-state index contributed by atoms with van der Waals surface area (Å²) in [6.45, 7) is 4.07. The highest BCUT2D eigenvalue weighted by Gasteiger charge is 2.14. The maximum Gasteiger partial charge on any atom is 0.336 e. The third-order valence-electron chi connectivity index (χ3n) is 4.05. The van der Waals surface area contributed by atoms with Crippen LogP contribution in [0.15, 0.2) is 42.5 Å². The van der Waals surface area contributed by atoms with Gasteiger partial charge in [-0.3, -0.25) is 0 Å². The van der Waals surface area contributed by atoms with Crippen molar-refractivity contribution in [2.45, 2.75) is 13.8 Å². The predicted octanol–water partition coefficient (Wildman–Crippen LogP) is 4.23. The number of aromatic carboxylic acids is 1. The van der Waals surface area contributed by atoms with Crippen molar-refractivity contribution < 1.29 is 14.6 Å². The lowest BCUT2D eigenvalue weighted by atomic mass is 10.0. The summed E-state index contributed by atoms with van der Waals surface area (Å²) in [6, 6.07) is 12.9. The van der Waals surface area contributed by atoms with Gasteiger partial charge >= 0.3 is 5.97 Å². The van der Waals surface area contributed by atoms with E-state index in [0.717, 1.165) is 11.1 Å². The minimum atomic E-state index is -0.976. The number of aromatic nitrogens is 1. The number of pyridine rings is 1. The highest BCUT2D eigenvalue weighted by atomic mass is 16.5. The number of ether oxygens (including phenoxy) is 1. The molecule has 3 rings (SSSR count). The Morgan fingerprint density at radius 2 is 1.83 bits per heavy atom. The van der Waals surface area contributed by atoms with Crippen LogP contribution in [-0.2, 0) is 0 Å². The molecule has 0 unspecified atom stereocenters. The quantitative estimate of drug-likeness (QED) is 0.787. The summed E-state index contributed by atoms with van der Waals surface area (Å²) in [5, 5.41) is 10.1. The van der Waals surface area contributed by atoms with Gasteiger partial charge in [0.25, 0.3) is 0 Å². The van der Waals surface area contributed by atoms with Crippen molar-refractivity contribution in [2.24, 2.45) is 0 Å². The molecule has 0 bridgehead atoms. The predicted molar refractivity (Wildman–Crippen MR) is 90.2 cm³/mol. The van der Waals surface area contributed by atoms with Crippen LogP contribution in [0.2, 0.25) is 0 Å². The molecule has 2 aromatic carbocycles. The van der Waals surface area contributed by atoms with Crippen LogP contribution in [0.4, 0.5) is 0 Å². The number of carboxylic acids is 1. The van der Waals surface area contributed by atoms with Crippen LogP contribution < -0.4 is 4.74 Å². The van der Waals surface area contributed by atoms with Crippen molar-refractivity contribution in [1.29, 1.82) is 0 Å². The first-order valence-electron chi connectivity index (χ1n) is 7.29. The van der Waals surface area contributed by atoms with Gasteiger partial charge in [-0.1, -0.05) is 12.1 Å². The van der Waals surface area contributed by atoms with Crippen LogP contribution in [0.5, 0.6) is 5.75 Å². The number of benzene rings is 2. The molecule has 1 N–H and O–H groups in total. The topological polar surface area (TPSA) is 59.4 Å². The minimum Gasteiger partial charge on any atom is -0.497 e. The summed E-state index contributed by atoms with van der Waals surface area (Å²) in [6.07, 6.45) is 0. The summed E-state index contributed by atoms with van der Waals surface area (Å²) in [4.78, 5) is 16.3. The lowest BCUT2D eigenvalue weighted by Crippen LogP contribution is -2.01. The number of carbonyl (C=O) groups is 1. The van der Waals surface area contributed by atoms with E-state index in [4.69, 9.17) is 4.74 Å². The number of fused-ring (bicyclic) bond motifs is 1. The smallest absolute Gasteiger partial charge is 0.336 e. The second-order valence-corrected chi connectivity index (χ2v) is 5.54. The SMILES string of the molecule is COc1ccc2nc(-c3ccc(C)c(C)c3)cc(C(=O)O)c2c1. The summed E-state index contributed by atoms with van der Waals surface area (Å²) in [5.74, 6) is -0.364. The largest absolute Gasteiger partial charge is 0.497 e. The summed E-state index contributed by atoms with van der Waals surface area (Å²) >= 11 is 0. The second kappa shape index (κ2) is 5.72. The van der Waals surface area contributed by atoms with Gasteiger partial charge in [-0.2, -0.15) is 0 Å². The molecular weight excluding hydrogens is 290 g/mol. The van der Waals surface area contributed by atoms with Crippen molar-refractivity contribution in [3.63, 3.8) is 0 Å². The van der Waals surface area contributed by atoms with Crippen LogP contribution in [0, 0.1) is 13.8 Å². The van der Waals surface area contributed by atoms with Crippen molar-refractivity contribution >= 4 is 16.9 Å². The minimum absolute atomic E-state index is 0.224. The molecule has 0 aliphatic heterocycles. The Morgan fingerprint density at radius 3 is 2.48 bits per heavy atom. The molecule has 0 aliphatic rings. The number of rotatable bonds is 3. The van der Waals surface area contributed by atoms with E-state index in [2.05, 4.69) is 4.98 Å². The molecule has 4 heteroatoms. The molecule has 0 saturated heterocycles. The second-order valence-electron chi connectivity index (χ2n) is 5.54.